The van der Waals surface area contributed by atoms with Gasteiger partial charge < -0.3 is 10.1 Å². The Kier molecular flexibility index (Phi) is 5.32. The van der Waals surface area contributed by atoms with Crippen LogP contribution in [0.5, 0.6) is 0 Å². The van der Waals surface area contributed by atoms with Crippen LogP contribution in [0.2, 0.25) is 0 Å². The molecule has 2 unspecified atom stereocenters. The molecule has 158 valence electrons. The number of hydrogen-bond donors (Lipinski definition) is 1. The Morgan fingerprint density at radius 2 is 2.00 bits per heavy atom. The minimum Gasteiger partial charge on any atom is -0.465 e. The fraction of sp³-hybridized carbons (Fsp3) is 0.292. The van der Waals surface area contributed by atoms with Crippen molar-refractivity contribution in [1.29, 1.82) is 5.26 Å². The van der Waals surface area contributed by atoms with Crippen molar-refractivity contribution in [3.8, 4) is 6.07 Å². The number of cyclic esters (lactones) is 1. The van der Waals surface area contributed by atoms with E-state index in [1.54, 1.807) is 18.2 Å². The highest BCUT2D eigenvalue weighted by molar-refractivity contribution is 5.92. The van der Waals surface area contributed by atoms with Gasteiger partial charge in [-0.05, 0) is 49.1 Å². The Balaban J connectivity index is 1.42. The predicted octanol–water partition coefficient (Wildman–Crippen LogP) is 4.07. The zero-order chi connectivity index (χ0) is 22.2. The summed E-state index contributed by atoms with van der Waals surface area (Å²) in [6.07, 6.45) is 1.60. The summed E-state index contributed by atoms with van der Waals surface area (Å²) >= 11 is 0. The number of nitrogens with one attached hydrogen (secondary N) is 1. The summed E-state index contributed by atoms with van der Waals surface area (Å²) < 4.78 is 33.0. The first-order chi connectivity index (χ1) is 14.8. The molecule has 0 radical (unpaired) electrons. The molecule has 5 nitrogen and oxygen atoms in total. The molecule has 1 aliphatic heterocycles. The normalized spacial score (nSPS) is 22.0. The molecule has 0 bridgehead atoms. The third-order valence-electron chi connectivity index (χ3n) is 6.07. The van der Waals surface area contributed by atoms with Gasteiger partial charge in [0.2, 0.25) is 5.91 Å². The molecule has 2 aromatic rings. The number of carbonyl (C=O) groups is 2. The van der Waals surface area contributed by atoms with Crippen LogP contribution in [0.4, 0.5) is 14.5 Å². The monoisotopic (exact) mass is 422 g/mol. The van der Waals surface area contributed by atoms with Gasteiger partial charge in [-0.3, -0.25) is 9.59 Å². The van der Waals surface area contributed by atoms with Crippen LogP contribution in [0.1, 0.15) is 29.5 Å². The standard InChI is InChI=1S/C24H20F2N2O3/c1-14-6-18-13-31-23(30)24(18,10-14)11-15-2-4-19(5-3-15)28-22(29)9-16-7-21(26)17(12-27)8-20(16)25/h2-5,7-8,18H,1,6,9-11,13H2,(H,28,29). The van der Waals surface area contributed by atoms with E-state index < -0.39 is 28.5 Å². The average molecular weight is 422 g/mol. The van der Waals surface area contributed by atoms with Gasteiger partial charge in [0.15, 0.2) is 0 Å². The number of anilines is 1. The second-order valence-corrected chi connectivity index (χ2v) is 8.22. The molecular weight excluding hydrogens is 402 g/mol. The number of rotatable bonds is 5. The Morgan fingerprint density at radius 3 is 2.71 bits per heavy atom. The molecule has 1 heterocycles. The Hall–Kier alpha value is -3.53. The van der Waals surface area contributed by atoms with E-state index in [2.05, 4.69) is 11.9 Å². The molecule has 1 saturated heterocycles. The maximum Gasteiger partial charge on any atom is 0.313 e. The summed E-state index contributed by atoms with van der Waals surface area (Å²) in [6, 6.07) is 10.3. The van der Waals surface area contributed by atoms with Gasteiger partial charge in [0.1, 0.15) is 17.7 Å². The number of nitrogens with zero attached hydrogens (tertiary/aromatic N) is 1. The third-order valence-corrected chi connectivity index (χ3v) is 6.07. The van der Waals surface area contributed by atoms with Crippen molar-refractivity contribution >= 4 is 17.6 Å². The van der Waals surface area contributed by atoms with Gasteiger partial charge in [-0.15, -0.1) is 0 Å². The van der Waals surface area contributed by atoms with Crippen molar-refractivity contribution in [2.45, 2.75) is 25.7 Å². The zero-order valence-electron chi connectivity index (χ0n) is 16.7. The molecule has 2 atom stereocenters. The molecule has 1 saturated carbocycles. The van der Waals surface area contributed by atoms with Gasteiger partial charge in [-0.2, -0.15) is 5.26 Å². The average Bonchev–Trinajstić information content (AvgIpc) is 3.20. The van der Waals surface area contributed by atoms with E-state index in [0.717, 1.165) is 29.7 Å². The number of carbonyl (C=O) groups excluding carboxylic acids is 2. The van der Waals surface area contributed by atoms with E-state index in [4.69, 9.17) is 10.00 Å². The molecule has 0 aromatic heterocycles. The van der Waals surface area contributed by atoms with Crippen molar-refractivity contribution in [2.75, 3.05) is 11.9 Å². The van der Waals surface area contributed by atoms with Crippen LogP contribution in [-0.4, -0.2) is 18.5 Å². The van der Waals surface area contributed by atoms with Gasteiger partial charge in [0, 0.05) is 17.2 Å². The summed E-state index contributed by atoms with van der Waals surface area (Å²) in [4.78, 5) is 24.7. The molecule has 31 heavy (non-hydrogen) atoms. The van der Waals surface area contributed by atoms with Crippen molar-refractivity contribution in [1.82, 2.24) is 0 Å². The topological polar surface area (TPSA) is 79.2 Å². The number of hydrogen-bond acceptors (Lipinski definition) is 4. The summed E-state index contributed by atoms with van der Waals surface area (Å²) in [5.41, 5.74) is 1.42. The second kappa shape index (κ2) is 7.95. The van der Waals surface area contributed by atoms with Crippen LogP contribution in [0.25, 0.3) is 0 Å². The molecular formula is C24H20F2N2O3. The number of nitriles is 1. The van der Waals surface area contributed by atoms with Gasteiger partial charge in [0.25, 0.3) is 0 Å². The summed E-state index contributed by atoms with van der Waals surface area (Å²) in [7, 11) is 0. The zero-order valence-corrected chi connectivity index (χ0v) is 16.7. The first-order valence-corrected chi connectivity index (χ1v) is 9.91. The first kappa shape index (κ1) is 20.7. The molecule has 0 spiro atoms. The fourth-order valence-corrected chi connectivity index (χ4v) is 4.52. The Morgan fingerprint density at radius 1 is 1.26 bits per heavy atom. The smallest absolute Gasteiger partial charge is 0.313 e. The molecule has 4 rings (SSSR count). The van der Waals surface area contributed by atoms with Crippen LogP contribution in [0.15, 0.2) is 48.6 Å². The lowest BCUT2D eigenvalue weighted by molar-refractivity contribution is -0.146. The van der Waals surface area contributed by atoms with E-state index in [1.165, 1.54) is 0 Å². The van der Waals surface area contributed by atoms with Crippen LogP contribution >= 0.6 is 0 Å². The predicted molar refractivity (Wildman–Crippen MR) is 109 cm³/mol. The number of fused-ring (bicyclic) bond motifs is 1. The molecule has 2 aliphatic rings. The minimum atomic E-state index is -0.867. The molecule has 2 aromatic carbocycles. The lowest BCUT2D eigenvalue weighted by Crippen LogP contribution is -2.31. The number of esters is 1. The first-order valence-electron chi connectivity index (χ1n) is 9.91. The number of benzene rings is 2. The lowest BCUT2D eigenvalue weighted by Gasteiger charge is -2.24. The van der Waals surface area contributed by atoms with Gasteiger partial charge in [0.05, 0.1) is 24.0 Å². The maximum atomic E-state index is 14.0. The van der Waals surface area contributed by atoms with Crippen LogP contribution in [0, 0.1) is 34.3 Å². The number of allylic oxidation sites excluding steroid dienone is 1. The highest BCUT2D eigenvalue weighted by Gasteiger charge is 2.55. The van der Waals surface area contributed by atoms with Crippen LogP contribution in [-0.2, 0) is 27.2 Å². The number of amides is 1. The van der Waals surface area contributed by atoms with Crippen molar-refractivity contribution in [2.24, 2.45) is 11.3 Å². The molecule has 1 N–H and O–H groups in total. The maximum absolute atomic E-state index is 14.0. The highest BCUT2D eigenvalue weighted by atomic mass is 19.1. The summed E-state index contributed by atoms with van der Waals surface area (Å²) in [5.74, 6) is -2.21. The largest absolute Gasteiger partial charge is 0.465 e. The summed E-state index contributed by atoms with van der Waals surface area (Å²) in [6.45, 7) is 4.47. The third kappa shape index (κ3) is 3.93. The SMILES string of the molecule is C=C1CC2COC(=O)C2(Cc2ccc(NC(=O)Cc3cc(F)c(C#N)cc3F)cc2)C1. The Bertz CT molecular complexity index is 1120. The van der Waals surface area contributed by atoms with E-state index in [9.17, 15) is 18.4 Å². The van der Waals surface area contributed by atoms with E-state index in [1.807, 2.05) is 12.1 Å². The second-order valence-electron chi connectivity index (χ2n) is 8.22. The number of halogens is 2. The molecule has 1 amide bonds. The summed E-state index contributed by atoms with van der Waals surface area (Å²) in [5, 5.41) is 11.4. The van der Waals surface area contributed by atoms with Gasteiger partial charge in [-0.1, -0.05) is 24.3 Å². The minimum absolute atomic E-state index is 0.128. The molecule has 1 aliphatic carbocycles. The Labute approximate surface area is 178 Å². The number of ether oxygens (including phenoxy) is 1. The van der Waals surface area contributed by atoms with Gasteiger partial charge in [-0.25, -0.2) is 8.78 Å². The van der Waals surface area contributed by atoms with Crippen molar-refractivity contribution in [3.05, 3.63) is 76.9 Å². The van der Waals surface area contributed by atoms with Crippen molar-refractivity contribution < 1.29 is 23.1 Å². The van der Waals surface area contributed by atoms with Crippen LogP contribution in [0.3, 0.4) is 0 Å². The van der Waals surface area contributed by atoms with Gasteiger partial charge >= 0.3 is 5.97 Å². The van der Waals surface area contributed by atoms with E-state index in [-0.39, 0.29) is 23.9 Å². The lowest BCUT2D eigenvalue weighted by atomic mass is 9.75. The molecule has 7 heteroatoms. The van der Waals surface area contributed by atoms with Crippen LogP contribution < -0.4 is 5.32 Å². The van der Waals surface area contributed by atoms with E-state index >= 15 is 0 Å². The van der Waals surface area contributed by atoms with Crippen molar-refractivity contribution in [3.63, 3.8) is 0 Å². The highest BCUT2D eigenvalue weighted by Crippen LogP contribution is 2.52. The van der Waals surface area contributed by atoms with E-state index in [0.29, 0.717) is 25.1 Å². The fourth-order valence-electron chi connectivity index (χ4n) is 4.52. The molecule has 2 fully saturated rings. The quantitative estimate of drug-likeness (QED) is 0.582.